The second-order valence-corrected chi connectivity index (χ2v) is 11.3. The minimum atomic E-state index is -4.00. The zero-order valence-electron chi connectivity index (χ0n) is 19.6. The molecule has 0 atom stereocenters. The smallest absolute Gasteiger partial charge is 0.264 e. The number of hydrogen-bond acceptors (Lipinski definition) is 4. The molecular weight excluding hydrogens is 505 g/mol. The Kier molecular flexibility index (Phi) is 7.59. The number of anilines is 2. The summed E-state index contributed by atoms with van der Waals surface area (Å²) in [6.45, 7) is 5.57. The van der Waals surface area contributed by atoms with Crippen molar-refractivity contribution in [3.8, 4) is 0 Å². The van der Waals surface area contributed by atoms with Crippen molar-refractivity contribution in [2.24, 2.45) is 0 Å². The van der Waals surface area contributed by atoms with E-state index in [1.807, 2.05) is 31.2 Å². The van der Waals surface area contributed by atoms with Gasteiger partial charge in [0.15, 0.2) is 0 Å². The largest absolute Gasteiger partial charge is 0.368 e. The van der Waals surface area contributed by atoms with Crippen molar-refractivity contribution >= 4 is 50.5 Å². The van der Waals surface area contributed by atoms with Crippen molar-refractivity contribution in [3.05, 3.63) is 87.9 Å². The summed E-state index contributed by atoms with van der Waals surface area (Å²) in [7, 11) is -4.00. The summed E-state index contributed by atoms with van der Waals surface area (Å²) in [6.07, 6.45) is 0. The summed E-state index contributed by atoms with van der Waals surface area (Å²) < 4.78 is 28.5. The Morgan fingerprint density at radius 3 is 2.23 bits per heavy atom. The molecule has 0 unspecified atom stereocenters. The molecule has 0 bridgehead atoms. The van der Waals surface area contributed by atoms with Gasteiger partial charge in [-0.25, -0.2) is 8.42 Å². The van der Waals surface area contributed by atoms with Crippen LogP contribution in [0, 0.1) is 13.8 Å². The van der Waals surface area contributed by atoms with E-state index in [0.29, 0.717) is 47.5 Å². The predicted molar refractivity (Wildman–Crippen MR) is 142 cm³/mol. The Morgan fingerprint density at radius 2 is 1.57 bits per heavy atom. The highest BCUT2D eigenvalue weighted by Gasteiger charge is 2.31. The van der Waals surface area contributed by atoms with Crippen LogP contribution >= 0.6 is 23.2 Å². The van der Waals surface area contributed by atoms with Gasteiger partial charge in [0, 0.05) is 41.9 Å². The van der Waals surface area contributed by atoms with Gasteiger partial charge in [-0.15, -0.1) is 0 Å². The molecular formula is C26H27Cl2N3O3S. The van der Waals surface area contributed by atoms with E-state index in [2.05, 4.69) is 4.90 Å². The number of amides is 1. The van der Waals surface area contributed by atoms with Gasteiger partial charge in [-0.3, -0.25) is 9.10 Å². The lowest BCUT2D eigenvalue weighted by atomic mass is 10.2. The summed E-state index contributed by atoms with van der Waals surface area (Å²) in [4.78, 5) is 17.4. The molecule has 3 aromatic carbocycles. The van der Waals surface area contributed by atoms with Crippen LogP contribution in [0.5, 0.6) is 0 Å². The van der Waals surface area contributed by atoms with Gasteiger partial charge in [-0.1, -0.05) is 53.0 Å². The van der Waals surface area contributed by atoms with Crippen molar-refractivity contribution < 1.29 is 13.2 Å². The Labute approximate surface area is 216 Å². The second-order valence-electron chi connectivity index (χ2n) is 8.56. The van der Waals surface area contributed by atoms with Gasteiger partial charge in [0.1, 0.15) is 6.54 Å². The third kappa shape index (κ3) is 5.58. The average Bonchev–Trinajstić information content (AvgIpc) is 2.84. The minimum Gasteiger partial charge on any atom is -0.368 e. The standard InChI is InChI=1S/C26H27Cl2N3O3S/c1-19-9-11-23(12-10-19)35(33,34)31(25-8-4-7-24(28)20(25)2)18-26(32)30-15-13-29(14-16-30)22-6-3-5-21(27)17-22/h3-12,17H,13-16,18H2,1-2H3. The van der Waals surface area contributed by atoms with Gasteiger partial charge >= 0.3 is 0 Å². The first-order valence-electron chi connectivity index (χ1n) is 11.3. The van der Waals surface area contributed by atoms with E-state index >= 15 is 0 Å². The lowest BCUT2D eigenvalue weighted by Crippen LogP contribution is -2.52. The quantitative estimate of drug-likeness (QED) is 0.441. The molecule has 3 aromatic rings. The van der Waals surface area contributed by atoms with Crippen LogP contribution in [0.1, 0.15) is 11.1 Å². The zero-order valence-corrected chi connectivity index (χ0v) is 21.9. The first-order chi connectivity index (χ1) is 16.7. The summed E-state index contributed by atoms with van der Waals surface area (Å²) in [5.41, 5.74) is 2.94. The third-order valence-electron chi connectivity index (χ3n) is 6.20. The number of hydrogen-bond donors (Lipinski definition) is 0. The maximum absolute atomic E-state index is 13.7. The van der Waals surface area contributed by atoms with Crippen LogP contribution in [0.25, 0.3) is 0 Å². The first kappa shape index (κ1) is 25.4. The molecule has 184 valence electrons. The molecule has 1 aliphatic heterocycles. The fraction of sp³-hybridized carbons (Fsp3) is 0.269. The predicted octanol–water partition coefficient (Wildman–Crippen LogP) is 5.15. The molecule has 4 rings (SSSR count). The van der Waals surface area contributed by atoms with Gasteiger partial charge in [0.2, 0.25) is 5.91 Å². The molecule has 1 amide bonds. The highest BCUT2D eigenvalue weighted by Crippen LogP contribution is 2.31. The van der Waals surface area contributed by atoms with Crippen molar-refractivity contribution in [1.29, 1.82) is 0 Å². The maximum Gasteiger partial charge on any atom is 0.264 e. The number of piperazine rings is 1. The Morgan fingerprint density at radius 1 is 0.914 bits per heavy atom. The Hall–Kier alpha value is -2.74. The molecule has 0 radical (unpaired) electrons. The SMILES string of the molecule is Cc1ccc(S(=O)(=O)N(CC(=O)N2CCN(c3cccc(Cl)c3)CC2)c2cccc(Cl)c2C)cc1. The van der Waals surface area contributed by atoms with E-state index in [0.717, 1.165) is 11.3 Å². The molecule has 1 saturated heterocycles. The molecule has 0 saturated carbocycles. The van der Waals surface area contributed by atoms with Gasteiger partial charge < -0.3 is 9.80 Å². The van der Waals surface area contributed by atoms with Crippen LogP contribution < -0.4 is 9.21 Å². The topological polar surface area (TPSA) is 60.9 Å². The summed E-state index contributed by atoms with van der Waals surface area (Å²) in [6, 6.07) is 19.3. The van der Waals surface area contributed by atoms with Crippen molar-refractivity contribution in [3.63, 3.8) is 0 Å². The number of carbonyl (C=O) groups is 1. The van der Waals surface area contributed by atoms with E-state index in [-0.39, 0.29) is 17.3 Å². The molecule has 9 heteroatoms. The maximum atomic E-state index is 13.7. The van der Waals surface area contributed by atoms with E-state index < -0.39 is 10.0 Å². The average molecular weight is 532 g/mol. The van der Waals surface area contributed by atoms with Crippen LogP contribution in [0.3, 0.4) is 0 Å². The van der Waals surface area contributed by atoms with Crippen LogP contribution in [0.15, 0.2) is 71.6 Å². The fourth-order valence-electron chi connectivity index (χ4n) is 4.11. The first-order valence-corrected chi connectivity index (χ1v) is 13.5. The lowest BCUT2D eigenvalue weighted by molar-refractivity contribution is -0.129. The number of halogens is 2. The zero-order chi connectivity index (χ0) is 25.2. The van der Waals surface area contributed by atoms with E-state index in [1.165, 1.54) is 4.31 Å². The molecule has 1 heterocycles. The molecule has 0 aliphatic carbocycles. The van der Waals surface area contributed by atoms with E-state index in [4.69, 9.17) is 23.2 Å². The minimum absolute atomic E-state index is 0.126. The van der Waals surface area contributed by atoms with Crippen LogP contribution in [-0.2, 0) is 14.8 Å². The van der Waals surface area contributed by atoms with Crippen molar-refractivity contribution in [2.45, 2.75) is 18.7 Å². The number of carbonyl (C=O) groups excluding carboxylic acids is 1. The molecule has 1 aliphatic rings. The number of nitrogens with zero attached hydrogens (tertiary/aromatic N) is 3. The number of sulfonamides is 1. The number of aryl methyl sites for hydroxylation is 1. The normalized spacial score (nSPS) is 14.2. The van der Waals surface area contributed by atoms with Gasteiger partial charge in [-0.05, 0) is 61.9 Å². The second kappa shape index (κ2) is 10.5. The van der Waals surface area contributed by atoms with Crippen LogP contribution in [-0.4, -0.2) is 51.9 Å². The summed E-state index contributed by atoms with van der Waals surface area (Å²) in [5, 5.41) is 1.10. The fourth-order valence-corrected chi connectivity index (χ4v) is 5.94. The molecule has 1 fully saturated rings. The number of benzene rings is 3. The molecule has 0 spiro atoms. The Bertz CT molecular complexity index is 1320. The molecule has 0 N–H and O–H groups in total. The highest BCUT2D eigenvalue weighted by molar-refractivity contribution is 7.92. The number of rotatable bonds is 6. The summed E-state index contributed by atoms with van der Waals surface area (Å²) >= 11 is 12.4. The highest BCUT2D eigenvalue weighted by atomic mass is 35.5. The lowest BCUT2D eigenvalue weighted by Gasteiger charge is -2.37. The van der Waals surface area contributed by atoms with E-state index in [9.17, 15) is 13.2 Å². The van der Waals surface area contributed by atoms with E-state index in [1.54, 1.807) is 54.3 Å². The van der Waals surface area contributed by atoms with Crippen LogP contribution in [0.2, 0.25) is 10.0 Å². The molecule has 0 aromatic heterocycles. The molecule has 35 heavy (non-hydrogen) atoms. The Balaban J connectivity index is 1.57. The third-order valence-corrected chi connectivity index (χ3v) is 8.62. The van der Waals surface area contributed by atoms with Gasteiger partial charge in [-0.2, -0.15) is 0 Å². The van der Waals surface area contributed by atoms with Crippen molar-refractivity contribution in [2.75, 3.05) is 41.9 Å². The van der Waals surface area contributed by atoms with Crippen LogP contribution in [0.4, 0.5) is 11.4 Å². The van der Waals surface area contributed by atoms with Gasteiger partial charge in [0.25, 0.3) is 10.0 Å². The molecule has 6 nitrogen and oxygen atoms in total. The summed E-state index contributed by atoms with van der Waals surface area (Å²) in [5.74, 6) is -0.259. The monoisotopic (exact) mass is 531 g/mol. The van der Waals surface area contributed by atoms with Gasteiger partial charge in [0.05, 0.1) is 10.6 Å². The van der Waals surface area contributed by atoms with Crippen molar-refractivity contribution in [1.82, 2.24) is 4.90 Å².